The minimum Gasteiger partial charge on any atom is -0.466 e. The molecule has 0 aromatic carbocycles. The van der Waals surface area contributed by atoms with Crippen molar-refractivity contribution in [1.82, 2.24) is 0 Å². The second kappa shape index (κ2) is 9.14. The Balaban J connectivity index is 1.45. The van der Waals surface area contributed by atoms with E-state index in [0.29, 0.717) is 35.2 Å². The van der Waals surface area contributed by atoms with Gasteiger partial charge in [-0.15, -0.1) is 0 Å². The molecular formula is C28H44O4. The van der Waals surface area contributed by atoms with Crippen LogP contribution in [0.25, 0.3) is 0 Å². The molecule has 0 bridgehead atoms. The maximum absolute atomic E-state index is 11.5. The molecule has 32 heavy (non-hydrogen) atoms. The summed E-state index contributed by atoms with van der Waals surface area (Å²) in [6.07, 6.45) is 16.1. The van der Waals surface area contributed by atoms with Crippen molar-refractivity contribution >= 4 is 11.9 Å². The molecule has 4 aliphatic carbocycles. The minimum atomic E-state index is -0.169. The SMILES string of the molecule is CC(=O)OCCC[C@@H](C)[C@@H]1CC[C@@H]2[C@@H]3CC[C@H]4C[C@H](OC(C)=O)CC[C@]4(C)[C@H]3C=C[C@@]21C. The summed E-state index contributed by atoms with van der Waals surface area (Å²) in [5, 5.41) is 0. The van der Waals surface area contributed by atoms with Gasteiger partial charge < -0.3 is 9.47 Å². The fourth-order valence-electron chi connectivity index (χ4n) is 8.69. The Hall–Kier alpha value is -1.32. The fraction of sp³-hybridized carbons (Fsp3) is 0.857. The molecule has 0 saturated heterocycles. The molecule has 0 spiro atoms. The lowest BCUT2D eigenvalue weighted by Gasteiger charge is -2.59. The fourth-order valence-corrected chi connectivity index (χ4v) is 8.69. The first-order chi connectivity index (χ1) is 15.1. The van der Waals surface area contributed by atoms with Crippen LogP contribution >= 0.6 is 0 Å². The van der Waals surface area contributed by atoms with Crippen LogP contribution in [0.3, 0.4) is 0 Å². The lowest BCUT2D eigenvalue weighted by molar-refractivity contribution is -0.154. The number of carbonyl (C=O) groups is 2. The Kier molecular flexibility index (Phi) is 6.81. The Labute approximate surface area is 194 Å². The lowest BCUT2D eigenvalue weighted by atomic mass is 9.46. The number of ether oxygens (including phenoxy) is 2. The van der Waals surface area contributed by atoms with E-state index in [-0.39, 0.29) is 18.0 Å². The molecule has 0 unspecified atom stereocenters. The smallest absolute Gasteiger partial charge is 0.302 e. The highest BCUT2D eigenvalue weighted by atomic mass is 16.5. The molecule has 0 aliphatic heterocycles. The largest absolute Gasteiger partial charge is 0.466 e. The quantitative estimate of drug-likeness (QED) is 0.273. The van der Waals surface area contributed by atoms with Gasteiger partial charge in [0.15, 0.2) is 0 Å². The van der Waals surface area contributed by atoms with Gasteiger partial charge in [-0.1, -0.05) is 32.9 Å². The van der Waals surface area contributed by atoms with Crippen LogP contribution in [0.5, 0.6) is 0 Å². The molecule has 180 valence electrons. The Morgan fingerprint density at radius 2 is 1.84 bits per heavy atom. The third-order valence-corrected chi connectivity index (χ3v) is 10.3. The van der Waals surface area contributed by atoms with Crippen LogP contribution in [0, 0.1) is 46.3 Å². The van der Waals surface area contributed by atoms with Crippen LogP contribution in [-0.4, -0.2) is 24.6 Å². The summed E-state index contributed by atoms with van der Waals surface area (Å²) in [6.45, 7) is 11.1. The highest BCUT2D eigenvalue weighted by Gasteiger charge is 2.58. The number of hydrogen-bond acceptors (Lipinski definition) is 4. The number of hydrogen-bond donors (Lipinski definition) is 0. The lowest BCUT2D eigenvalue weighted by Crippen LogP contribution is -2.52. The number of carbonyl (C=O) groups excluding carboxylic acids is 2. The maximum Gasteiger partial charge on any atom is 0.302 e. The summed E-state index contributed by atoms with van der Waals surface area (Å²) in [5.74, 6) is 4.04. The predicted octanol–water partition coefficient (Wildman–Crippen LogP) is 6.33. The van der Waals surface area contributed by atoms with Gasteiger partial charge in [0.1, 0.15) is 6.10 Å². The van der Waals surface area contributed by atoms with Crippen molar-refractivity contribution in [2.45, 2.75) is 98.5 Å². The molecular weight excluding hydrogens is 400 g/mol. The third-order valence-electron chi connectivity index (χ3n) is 10.3. The predicted molar refractivity (Wildman–Crippen MR) is 126 cm³/mol. The van der Waals surface area contributed by atoms with Gasteiger partial charge in [-0.25, -0.2) is 0 Å². The standard InChI is InChI=1S/C28H44O4/c1-18(7-6-16-31-19(2)29)24-10-11-25-23-9-8-21-17-22(32-20(3)30)12-14-27(21,4)26(23)13-15-28(24,25)5/h13,15,18,21-26H,6-12,14,16-17H2,1-5H3/t18-,21+,22-,23+,24+,25-,26+,27+,28-/m1/s1. The first kappa shape index (κ1) is 23.8. The highest BCUT2D eigenvalue weighted by Crippen LogP contribution is 2.66. The molecule has 0 amide bonds. The van der Waals surface area contributed by atoms with Crippen molar-refractivity contribution in [2.24, 2.45) is 46.3 Å². The molecule has 0 aromatic heterocycles. The van der Waals surface area contributed by atoms with E-state index < -0.39 is 0 Å². The van der Waals surface area contributed by atoms with E-state index in [1.165, 1.54) is 39.0 Å². The molecule has 0 heterocycles. The zero-order valence-electron chi connectivity index (χ0n) is 20.9. The molecule has 3 saturated carbocycles. The van der Waals surface area contributed by atoms with Gasteiger partial charge in [0.05, 0.1) is 6.61 Å². The average Bonchev–Trinajstić information content (AvgIpc) is 3.08. The maximum atomic E-state index is 11.5. The van der Waals surface area contributed by atoms with Gasteiger partial charge in [0.25, 0.3) is 0 Å². The minimum absolute atomic E-state index is 0.125. The number of fused-ring (bicyclic) bond motifs is 5. The van der Waals surface area contributed by atoms with Crippen LogP contribution in [0.15, 0.2) is 12.2 Å². The van der Waals surface area contributed by atoms with E-state index in [9.17, 15) is 9.59 Å². The van der Waals surface area contributed by atoms with E-state index in [1.807, 2.05) is 0 Å². The molecule has 9 atom stereocenters. The summed E-state index contributed by atoms with van der Waals surface area (Å²) < 4.78 is 10.8. The zero-order chi connectivity index (χ0) is 23.1. The van der Waals surface area contributed by atoms with Gasteiger partial charge in [-0.05, 0) is 104 Å². The molecule has 0 radical (unpaired) electrons. The van der Waals surface area contributed by atoms with Crippen molar-refractivity contribution in [1.29, 1.82) is 0 Å². The summed E-state index contributed by atoms with van der Waals surface area (Å²) in [4.78, 5) is 22.5. The molecule has 4 rings (SSSR count). The second-order valence-electron chi connectivity index (χ2n) is 12.0. The summed E-state index contributed by atoms with van der Waals surface area (Å²) >= 11 is 0. The first-order valence-electron chi connectivity index (χ1n) is 13.1. The first-order valence-corrected chi connectivity index (χ1v) is 13.1. The Morgan fingerprint density at radius 3 is 2.56 bits per heavy atom. The van der Waals surface area contributed by atoms with E-state index in [4.69, 9.17) is 9.47 Å². The van der Waals surface area contributed by atoms with Gasteiger partial charge in [-0.2, -0.15) is 0 Å². The number of allylic oxidation sites excluding steroid dienone is 2. The van der Waals surface area contributed by atoms with Gasteiger partial charge >= 0.3 is 11.9 Å². The van der Waals surface area contributed by atoms with Gasteiger partial charge in [-0.3, -0.25) is 9.59 Å². The van der Waals surface area contributed by atoms with Crippen LogP contribution in [0.1, 0.15) is 92.4 Å². The third kappa shape index (κ3) is 4.28. The normalized spacial score (nSPS) is 43.5. The van der Waals surface area contributed by atoms with Gasteiger partial charge in [0.2, 0.25) is 0 Å². The van der Waals surface area contributed by atoms with E-state index >= 15 is 0 Å². The van der Waals surface area contributed by atoms with Crippen LogP contribution in [0.4, 0.5) is 0 Å². The topological polar surface area (TPSA) is 52.6 Å². The van der Waals surface area contributed by atoms with E-state index in [2.05, 4.69) is 32.9 Å². The van der Waals surface area contributed by atoms with Crippen molar-refractivity contribution in [2.75, 3.05) is 6.61 Å². The Bertz CT molecular complexity index is 744. The Morgan fingerprint density at radius 1 is 1.06 bits per heavy atom. The van der Waals surface area contributed by atoms with Gasteiger partial charge in [0, 0.05) is 13.8 Å². The highest BCUT2D eigenvalue weighted by molar-refractivity contribution is 5.66. The number of esters is 2. The zero-order valence-corrected chi connectivity index (χ0v) is 20.9. The second-order valence-corrected chi connectivity index (χ2v) is 12.0. The van der Waals surface area contributed by atoms with E-state index in [1.54, 1.807) is 6.92 Å². The molecule has 0 N–H and O–H groups in total. The van der Waals surface area contributed by atoms with Crippen LogP contribution in [-0.2, 0) is 19.1 Å². The van der Waals surface area contributed by atoms with Crippen molar-refractivity contribution in [3.05, 3.63) is 12.2 Å². The molecule has 0 aromatic rings. The molecule has 3 fully saturated rings. The monoisotopic (exact) mass is 444 g/mol. The summed E-state index contributed by atoms with van der Waals surface area (Å²) in [6, 6.07) is 0. The molecule has 4 heteroatoms. The molecule has 4 aliphatic rings. The molecule has 4 nitrogen and oxygen atoms in total. The average molecular weight is 445 g/mol. The van der Waals surface area contributed by atoms with E-state index in [0.717, 1.165) is 43.4 Å². The van der Waals surface area contributed by atoms with Crippen molar-refractivity contribution in [3.8, 4) is 0 Å². The van der Waals surface area contributed by atoms with Crippen molar-refractivity contribution in [3.63, 3.8) is 0 Å². The summed E-state index contributed by atoms with van der Waals surface area (Å²) in [7, 11) is 0. The van der Waals surface area contributed by atoms with Crippen LogP contribution in [0.2, 0.25) is 0 Å². The number of rotatable bonds is 6. The van der Waals surface area contributed by atoms with Crippen molar-refractivity contribution < 1.29 is 19.1 Å². The summed E-state index contributed by atoms with van der Waals surface area (Å²) in [5.41, 5.74) is 0.658. The van der Waals surface area contributed by atoms with Crippen LogP contribution < -0.4 is 0 Å².